The smallest absolute Gasteiger partial charge is 0.578 e. The van der Waals surface area contributed by atoms with Gasteiger partial charge in [-0.15, -0.1) is 5.69 Å². The Labute approximate surface area is 262 Å². The van der Waals surface area contributed by atoms with Crippen LogP contribution in [-0.4, -0.2) is 117 Å². The molecule has 0 saturated heterocycles. The van der Waals surface area contributed by atoms with Crippen LogP contribution in [-0.2, 0) is 50.8 Å². The van der Waals surface area contributed by atoms with Crippen molar-refractivity contribution in [3.63, 3.8) is 0 Å². The van der Waals surface area contributed by atoms with E-state index in [0.29, 0.717) is 0 Å². The van der Waals surface area contributed by atoms with Crippen molar-refractivity contribution in [3.05, 3.63) is 64.1 Å². The topological polar surface area (TPSA) is 240 Å². The first-order chi connectivity index (χ1) is 18.2. The van der Waals surface area contributed by atoms with E-state index < -0.39 is 10.2 Å². The molecule has 0 aromatic carbocycles. The molecule has 1 heterocycles. The molecule has 0 spiro atoms. The molecular formula is C21H45N11Ni2O7. The van der Waals surface area contributed by atoms with Crippen molar-refractivity contribution >= 4 is 0 Å². The van der Waals surface area contributed by atoms with E-state index in [4.69, 9.17) is 46.4 Å². The first kappa shape index (κ1) is 51.4. The zero-order valence-corrected chi connectivity index (χ0v) is 27.0. The molecule has 0 amide bonds. The molecule has 20 heteroatoms. The maximum atomic E-state index is 8.25. The van der Waals surface area contributed by atoms with Gasteiger partial charge in [0.2, 0.25) is 0 Å². The Morgan fingerprint density at radius 2 is 1.15 bits per heavy atom. The molecule has 1 aromatic heterocycles. The SMILES string of the molecule is CCOCC.CN(C)CCCN(C)Cc1cc(CN(C)CCCN(C)C)[n-]n1.O=[N+]([O-])[O-].O=[N+]([O-])[O-].[N-]=[N+]=[N-].[Ni+2].[Ni+2]. The first-order valence-corrected chi connectivity index (χ1v) is 12.0. The fraction of sp³-hybridized carbons (Fsp3) is 0.857. The minimum atomic E-state index is -1.75. The van der Waals surface area contributed by atoms with E-state index in [9.17, 15) is 0 Å². The Morgan fingerprint density at radius 1 is 0.805 bits per heavy atom. The van der Waals surface area contributed by atoms with E-state index in [1.807, 2.05) is 13.8 Å². The Kier molecular flexibility index (Phi) is 47.3. The maximum absolute atomic E-state index is 8.25. The number of hydrogen-bond donors (Lipinski definition) is 0. The largest absolute Gasteiger partial charge is 2.00 e. The van der Waals surface area contributed by atoms with Gasteiger partial charge in [-0.05, 0) is 95.2 Å². The average Bonchev–Trinajstić information content (AvgIpc) is 3.20. The molecule has 1 aromatic rings. The second-order valence-electron chi connectivity index (χ2n) is 8.43. The van der Waals surface area contributed by atoms with Gasteiger partial charge in [0.1, 0.15) is 0 Å². The first-order valence-electron chi connectivity index (χ1n) is 12.0. The summed E-state index contributed by atoms with van der Waals surface area (Å²) in [6.07, 6.45) is 2.36. The van der Waals surface area contributed by atoms with Gasteiger partial charge in [0.15, 0.2) is 0 Å². The van der Waals surface area contributed by atoms with E-state index in [0.717, 1.165) is 63.9 Å². The van der Waals surface area contributed by atoms with E-state index in [1.54, 1.807) is 0 Å². The Balaban J connectivity index is -0.000000140. The van der Waals surface area contributed by atoms with Crippen molar-refractivity contribution in [3.8, 4) is 0 Å². The zero-order chi connectivity index (χ0) is 31.2. The van der Waals surface area contributed by atoms with Crippen LogP contribution in [0.3, 0.4) is 0 Å². The second-order valence-corrected chi connectivity index (χ2v) is 8.43. The van der Waals surface area contributed by atoms with Crippen LogP contribution in [0.1, 0.15) is 38.1 Å². The molecule has 0 bridgehead atoms. The van der Waals surface area contributed by atoms with Crippen LogP contribution in [0, 0.1) is 30.6 Å². The second kappa shape index (κ2) is 37.7. The standard InChI is InChI=1S/C17H35N6.C4H10O.N3.2NO3.2Ni/c1-20(2)9-7-11-22(5)14-16-13-17(19-18-16)15-23(6)12-8-10-21(3)4;1-3-5-4-2;1-3-2;2*2-1(3)4;;/h13H,7-12,14-15H2,1-6H3;3-4H2,1-2H3;;;;;/q-1;;3*-1;2*+2. The summed E-state index contributed by atoms with van der Waals surface area (Å²) in [5.74, 6) is 0. The zero-order valence-electron chi connectivity index (χ0n) is 25.1. The van der Waals surface area contributed by atoms with Gasteiger partial charge in [0.05, 0.1) is 10.2 Å². The maximum Gasteiger partial charge on any atom is 2.00 e. The third-order valence-electron chi connectivity index (χ3n) is 4.20. The van der Waals surface area contributed by atoms with Crippen LogP contribution < -0.4 is 5.10 Å². The van der Waals surface area contributed by atoms with Crippen molar-refractivity contribution in [1.82, 2.24) is 29.8 Å². The van der Waals surface area contributed by atoms with Gasteiger partial charge in [0.25, 0.3) is 0 Å². The summed E-state index contributed by atoms with van der Waals surface area (Å²) in [6, 6.07) is 2.14. The summed E-state index contributed by atoms with van der Waals surface area (Å²) in [7, 11) is 12.8. The number of rotatable bonds is 14. The van der Waals surface area contributed by atoms with Crippen LogP contribution >= 0.6 is 0 Å². The van der Waals surface area contributed by atoms with Crippen LogP contribution in [0.15, 0.2) is 6.07 Å². The predicted octanol–water partition coefficient (Wildman–Crippen LogP) is 2.23. The minimum Gasteiger partial charge on any atom is -0.578 e. The Morgan fingerprint density at radius 3 is 1.44 bits per heavy atom. The van der Waals surface area contributed by atoms with Gasteiger partial charge in [0, 0.05) is 32.0 Å². The monoisotopic (exact) mass is 679 g/mol. The van der Waals surface area contributed by atoms with Gasteiger partial charge in [-0.3, -0.25) is 4.91 Å². The molecule has 0 atom stereocenters. The Bertz CT molecular complexity index is 684. The van der Waals surface area contributed by atoms with E-state index in [2.05, 4.69) is 78.1 Å². The summed E-state index contributed by atoms with van der Waals surface area (Å²) in [5.41, 5.74) is 15.7. The molecule has 0 fully saturated rings. The normalized spacial score (nSPS) is 9.27. The minimum absolute atomic E-state index is 0. The fourth-order valence-corrected chi connectivity index (χ4v) is 2.76. The van der Waals surface area contributed by atoms with Crippen molar-refractivity contribution in [2.75, 3.05) is 81.7 Å². The summed E-state index contributed by atoms with van der Waals surface area (Å²) < 4.78 is 4.83. The number of aromatic nitrogens is 2. The fourth-order valence-electron chi connectivity index (χ4n) is 2.76. The van der Waals surface area contributed by atoms with Gasteiger partial charge in [-0.1, -0.05) is 6.07 Å². The average molecular weight is 681 g/mol. The molecule has 0 radical (unpaired) electrons. The van der Waals surface area contributed by atoms with Gasteiger partial charge < -0.3 is 76.2 Å². The van der Waals surface area contributed by atoms with Crippen LogP contribution in [0.5, 0.6) is 0 Å². The molecule has 18 nitrogen and oxygen atoms in total. The number of nitrogens with zero attached hydrogens (tertiary/aromatic N) is 11. The van der Waals surface area contributed by atoms with Crippen LogP contribution in [0.2, 0.25) is 0 Å². The molecule has 246 valence electrons. The van der Waals surface area contributed by atoms with Gasteiger partial charge in [-0.25, -0.2) is 0 Å². The van der Waals surface area contributed by atoms with Crippen molar-refractivity contribution in [2.24, 2.45) is 0 Å². The Hall–Kier alpha value is -2.29. The summed E-state index contributed by atoms with van der Waals surface area (Å²) in [5, 5.41) is 38.1. The summed E-state index contributed by atoms with van der Waals surface area (Å²) in [4.78, 5) is 27.1. The molecular weight excluding hydrogens is 636 g/mol. The predicted molar refractivity (Wildman–Crippen MR) is 150 cm³/mol. The van der Waals surface area contributed by atoms with E-state index >= 15 is 0 Å². The van der Waals surface area contributed by atoms with Gasteiger partial charge in [-0.2, -0.15) is 0 Å². The number of ether oxygens (including phenoxy) is 1. The van der Waals surface area contributed by atoms with Crippen molar-refractivity contribution in [1.29, 1.82) is 0 Å². The van der Waals surface area contributed by atoms with E-state index in [-0.39, 0.29) is 33.0 Å². The molecule has 0 saturated carbocycles. The molecule has 41 heavy (non-hydrogen) atoms. The third kappa shape index (κ3) is 58.3. The van der Waals surface area contributed by atoms with Crippen LogP contribution in [0.4, 0.5) is 0 Å². The van der Waals surface area contributed by atoms with Crippen LogP contribution in [0.25, 0.3) is 16.0 Å². The summed E-state index contributed by atoms with van der Waals surface area (Å²) >= 11 is 0. The quantitative estimate of drug-likeness (QED) is 0.0684. The molecule has 0 aliphatic carbocycles. The van der Waals surface area contributed by atoms with Crippen molar-refractivity contribution in [2.45, 2.75) is 39.8 Å². The molecule has 0 aliphatic rings. The van der Waals surface area contributed by atoms with E-state index in [1.165, 1.54) is 17.8 Å². The molecule has 0 unspecified atom stereocenters. The molecule has 0 N–H and O–H groups in total. The van der Waals surface area contributed by atoms with Gasteiger partial charge >= 0.3 is 33.0 Å². The molecule has 1 rings (SSSR count). The summed E-state index contributed by atoms with van der Waals surface area (Å²) in [6.45, 7) is 11.9. The van der Waals surface area contributed by atoms with Crippen molar-refractivity contribution < 1.29 is 47.9 Å². The molecule has 0 aliphatic heterocycles. The third-order valence-corrected chi connectivity index (χ3v) is 4.20. The number of hydrogen-bond acceptors (Lipinski definition) is 12.